The Morgan fingerprint density at radius 3 is 2.68 bits per heavy atom. The molecule has 1 aliphatic heterocycles. The summed E-state index contributed by atoms with van der Waals surface area (Å²) >= 11 is 0. The largest absolute Gasteiger partial charge is 0.379 e. The highest BCUT2D eigenvalue weighted by atomic mass is 16.5. The molecule has 0 amide bonds. The third-order valence-corrected chi connectivity index (χ3v) is 3.83. The molecule has 22 heavy (non-hydrogen) atoms. The van der Waals surface area contributed by atoms with Gasteiger partial charge >= 0.3 is 0 Å². The van der Waals surface area contributed by atoms with Crippen LogP contribution in [0.15, 0.2) is 36.8 Å². The number of morpholine rings is 1. The lowest BCUT2D eigenvalue weighted by Crippen LogP contribution is -2.41. The predicted octanol–water partition coefficient (Wildman–Crippen LogP) is 1.67. The van der Waals surface area contributed by atoms with Crippen LogP contribution in [-0.4, -0.2) is 52.7 Å². The number of pyridine rings is 1. The Kier molecular flexibility index (Phi) is 4.92. The number of hydrogen-bond acceptors (Lipinski definition) is 6. The van der Waals surface area contributed by atoms with Crippen LogP contribution in [0, 0.1) is 6.92 Å². The van der Waals surface area contributed by atoms with Crippen molar-refractivity contribution in [3.63, 3.8) is 0 Å². The zero-order valence-electron chi connectivity index (χ0n) is 12.8. The van der Waals surface area contributed by atoms with Crippen LogP contribution in [0.1, 0.15) is 17.3 Å². The molecule has 6 heteroatoms. The Morgan fingerprint density at radius 2 is 1.95 bits per heavy atom. The van der Waals surface area contributed by atoms with Crippen molar-refractivity contribution in [1.82, 2.24) is 19.9 Å². The minimum Gasteiger partial charge on any atom is -0.379 e. The SMILES string of the molecule is Cc1ccnc(NC[C@H](c2ccncc2)N2CCOCC2)n1. The second-order valence-corrected chi connectivity index (χ2v) is 5.35. The summed E-state index contributed by atoms with van der Waals surface area (Å²) in [5.41, 5.74) is 2.21. The zero-order chi connectivity index (χ0) is 15.2. The number of nitrogens with one attached hydrogen (secondary N) is 1. The van der Waals surface area contributed by atoms with Crippen molar-refractivity contribution in [1.29, 1.82) is 0 Å². The summed E-state index contributed by atoms with van der Waals surface area (Å²) in [6.07, 6.45) is 5.46. The first-order valence-electron chi connectivity index (χ1n) is 7.58. The van der Waals surface area contributed by atoms with E-state index in [1.165, 1.54) is 5.56 Å². The van der Waals surface area contributed by atoms with E-state index in [0.29, 0.717) is 5.95 Å². The monoisotopic (exact) mass is 299 g/mol. The van der Waals surface area contributed by atoms with Crippen LogP contribution in [0.2, 0.25) is 0 Å². The number of hydrogen-bond donors (Lipinski definition) is 1. The number of ether oxygens (including phenoxy) is 1. The van der Waals surface area contributed by atoms with Gasteiger partial charge in [-0.3, -0.25) is 9.88 Å². The molecule has 2 aromatic rings. The van der Waals surface area contributed by atoms with Crippen LogP contribution in [0.4, 0.5) is 5.95 Å². The van der Waals surface area contributed by atoms with Gasteiger partial charge in [-0.1, -0.05) is 0 Å². The molecule has 6 nitrogen and oxygen atoms in total. The van der Waals surface area contributed by atoms with Gasteiger partial charge in [0.25, 0.3) is 0 Å². The summed E-state index contributed by atoms with van der Waals surface area (Å²) < 4.78 is 5.47. The quantitative estimate of drug-likeness (QED) is 0.906. The Hall–Kier alpha value is -2.05. The van der Waals surface area contributed by atoms with E-state index in [-0.39, 0.29) is 6.04 Å². The predicted molar refractivity (Wildman–Crippen MR) is 84.6 cm³/mol. The number of nitrogens with zero attached hydrogens (tertiary/aromatic N) is 4. The van der Waals surface area contributed by atoms with Gasteiger partial charge in [-0.2, -0.15) is 0 Å². The molecule has 1 saturated heterocycles. The molecule has 3 heterocycles. The molecule has 0 radical (unpaired) electrons. The van der Waals surface area contributed by atoms with Crippen LogP contribution in [0.25, 0.3) is 0 Å². The molecule has 0 bridgehead atoms. The molecule has 1 atom stereocenters. The molecule has 0 saturated carbocycles. The minimum atomic E-state index is 0.260. The maximum atomic E-state index is 5.47. The van der Waals surface area contributed by atoms with Crippen molar-refractivity contribution in [2.75, 3.05) is 38.2 Å². The lowest BCUT2D eigenvalue weighted by molar-refractivity contribution is 0.0186. The average molecular weight is 299 g/mol. The highest BCUT2D eigenvalue weighted by molar-refractivity contribution is 5.27. The fourth-order valence-electron chi connectivity index (χ4n) is 2.65. The van der Waals surface area contributed by atoms with Crippen molar-refractivity contribution in [3.8, 4) is 0 Å². The van der Waals surface area contributed by atoms with E-state index in [1.54, 1.807) is 6.20 Å². The Balaban J connectivity index is 1.73. The van der Waals surface area contributed by atoms with Crippen LogP contribution in [-0.2, 0) is 4.74 Å². The zero-order valence-corrected chi connectivity index (χ0v) is 12.8. The third-order valence-electron chi connectivity index (χ3n) is 3.83. The lowest BCUT2D eigenvalue weighted by atomic mass is 10.1. The fraction of sp³-hybridized carbons (Fsp3) is 0.438. The van der Waals surface area contributed by atoms with Crippen LogP contribution >= 0.6 is 0 Å². The first-order chi connectivity index (χ1) is 10.8. The molecule has 3 rings (SSSR count). The van der Waals surface area contributed by atoms with Crippen LogP contribution in [0.3, 0.4) is 0 Å². The van der Waals surface area contributed by atoms with Gasteiger partial charge in [-0.15, -0.1) is 0 Å². The van der Waals surface area contributed by atoms with E-state index < -0.39 is 0 Å². The second kappa shape index (κ2) is 7.29. The number of anilines is 1. The fourth-order valence-corrected chi connectivity index (χ4v) is 2.65. The maximum Gasteiger partial charge on any atom is 0.222 e. The molecule has 0 spiro atoms. The van der Waals surface area contributed by atoms with Crippen LogP contribution < -0.4 is 5.32 Å². The number of aromatic nitrogens is 3. The molecule has 0 aliphatic carbocycles. The van der Waals surface area contributed by atoms with Gasteiger partial charge in [0.2, 0.25) is 5.95 Å². The highest BCUT2D eigenvalue weighted by Crippen LogP contribution is 2.21. The maximum absolute atomic E-state index is 5.47. The Bertz CT molecular complexity index is 586. The smallest absolute Gasteiger partial charge is 0.222 e. The molecule has 2 aromatic heterocycles. The van der Waals surface area contributed by atoms with E-state index in [4.69, 9.17) is 4.74 Å². The molecule has 116 valence electrons. The Labute approximate surface area is 130 Å². The van der Waals surface area contributed by atoms with E-state index in [2.05, 4.69) is 37.3 Å². The van der Waals surface area contributed by atoms with Crippen molar-refractivity contribution in [2.45, 2.75) is 13.0 Å². The van der Waals surface area contributed by atoms with Gasteiger partial charge in [-0.05, 0) is 30.7 Å². The third kappa shape index (κ3) is 3.78. The van der Waals surface area contributed by atoms with Gasteiger partial charge in [0.15, 0.2) is 0 Å². The van der Waals surface area contributed by atoms with Gasteiger partial charge in [0, 0.05) is 43.9 Å². The van der Waals surface area contributed by atoms with E-state index in [9.17, 15) is 0 Å². The van der Waals surface area contributed by atoms with Gasteiger partial charge in [-0.25, -0.2) is 9.97 Å². The molecular weight excluding hydrogens is 278 g/mol. The molecule has 1 fully saturated rings. The molecule has 0 aromatic carbocycles. The molecule has 0 unspecified atom stereocenters. The number of rotatable bonds is 5. The standard InChI is InChI=1S/C16H21N5O/c1-13-2-7-18-16(20-13)19-12-15(14-3-5-17-6-4-14)21-8-10-22-11-9-21/h2-7,15H,8-12H2,1H3,(H,18,19,20)/t15-/m1/s1. The summed E-state index contributed by atoms with van der Waals surface area (Å²) in [4.78, 5) is 15.2. The molecule has 1 aliphatic rings. The second-order valence-electron chi connectivity index (χ2n) is 5.35. The summed E-state index contributed by atoms with van der Waals surface area (Å²) in [5, 5.41) is 3.36. The number of aryl methyl sites for hydroxylation is 1. The molecule has 1 N–H and O–H groups in total. The van der Waals surface area contributed by atoms with E-state index >= 15 is 0 Å². The summed E-state index contributed by atoms with van der Waals surface area (Å²) in [5.74, 6) is 0.673. The van der Waals surface area contributed by atoms with E-state index in [0.717, 1.165) is 38.5 Å². The van der Waals surface area contributed by atoms with Gasteiger partial charge < -0.3 is 10.1 Å². The Morgan fingerprint density at radius 1 is 1.18 bits per heavy atom. The average Bonchev–Trinajstić information content (AvgIpc) is 2.57. The van der Waals surface area contributed by atoms with Crippen LogP contribution in [0.5, 0.6) is 0 Å². The van der Waals surface area contributed by atoms with Gasteiger partial charge in [0.1, 0.15) is 0 Å². The topological polar surface area (TPSA) is 63.2 Å². The lowest BCUT2D eigenvalue weighted by Gasteiger charge is -2.34. The first-order valence-corrected chi connectivity index (χ1v) is 7.58. The highest BCUT2D eigenvalue weighted by Gasteiger charge is 2.22. The van der Waals surface area contributed by atoms with E-state index in [1.807, 2.05) is 25.4 Å². The van der Waals surface area contributed by atoms with Crippen molar-refractivity contribution in [2.24, 2.45) is 0 Å². The molecular formula is C16H21N5O. The summed E-state index contributed by atoms with van der Waals surface area (Å²) in [7, 11) is 0. The summed E-state index contributed by atoms with van der Waals surface area (Å²) in [6, 6.07) is 6.29. The first kappa shape index (κ1) is 14.9. The minimum absolute atomic E-state index is 0.260. The van der Waals surface area contributed by atoms with Crippen molar-refractivity contribution in [3.05, 3.63) is 48.0 Å². The normalized spacial score (nSPS) is 17.1. The van der Waals surface area contributed by atoms with Gasteiger partial charge in [0.05, 0.1) is 19.3 Å². The van der Waals surface area contributed by atoms with Crippen molar-refractivity contribution < 1.29 is 4.74 Å². The van der Waals surface area contributed by atoms with Crippen molar-refractivity contribution >= 4 is 5.95 Å². The summed E-state index contributed by atoms with van der Waals surface area (Å²) in [6.45, 7) is 6.15.